The molecule has 17 heavy (non-hydrogen) atoms. The van der Waals surface area contributed by atoms with Crippen molar-refractivity contribution in [1.29, 1.82) is 0 Å². The Morgan fingerprint density at radius 1 is 1.41 bits per heavy atom. The number of anilines is 1. The number of hydrogen-bond acceptors (Lipinski definition) is 3. The molecule has 0 aliphatic heterocycles. The molecule has 1 atom stereocenters. The van der Waals surface area contributed by atoms with Crippen LogP contribution in [0.4, 0.5) is 5.69 Å². The van der Waals surface area contributed by atoms with Gasteiger partial charge in [0.2, 0.25) is 0 Å². The lowest BCUT2D eigenvalue weighted by Crippen LogP contribution is -2.33. The van der Waals surface area contributed by atoms with Crippen molar-refractivity contribution in [2.24, 2.45) is 0 Å². The molecule has 1 amide bonds. The first-order valence-corrected chi connectivity index (χ1v) is 5.74. The number of aliphatic hydroxyl groups is 1. The molecule has 0 radical (unpaired) electrons. The molecule has 0 bridgehead atoms. The highest BCUT2D eigenvalue weighted by atomic mass is 16.3. The fourth-order valence-electron chi connectivity index (χ4n) is 1.68. The van der Waals surface area contributed by atoms with E-state index in [9.17, 15) is 4.79 Å². The molecule has 0 fully saturated rings. The van der Waals surface area contributed by atoms with Crippen molar-refractivity contribution in [3.63, 3.8) is 0 Å². The monoisotopic (exact) mass is 236 g/mol. The molecule has 0 spiro atoms. The standard InChI is InChI=1S/C13H20N2O2/c1-8-6-9(2)12(14)7-11(8)13(17)15-10(3)4-5-16/h6-7,10,16H,4-5,14H2,1-3H3,(H,15,17). The van der Waals surface area contributed by atoms with Gasteiger partial charge in [0.25, 0.3) is 5.91 Å². The van der Waals surface area contributed by atoms with Gasteiger partial charge in [-0.05, 0) is 44.4 Å². The van der Waals surface area contributed by atoms with Gasteiger partial charge in [0.1, 0.15) is 0 Å². The summed E-state index contributed by atoms with van der Waals surface area (Å²) in [6.45, 7) is 5.73. The first-order chi connectivity index (χ1) is 7.95. The van der Waals surface area contributed by atoms with Crippen molar-refractivity contribution in [3.8, 4) is 0 Å². The number of amides is 1. The Hall–Kier alpha value is -1.55. The van der Waals surface area contributed by atoms with E-state index in [4.69, 9.17) is 10.8 Å². The Morgan fingerprint density at radius 3 is 2.65 bits per heavy atom. The third-order valence-corrected chi connectivity index (χ3v) is 2.80. The molecule has 0 aliphatic carbocycles. The van der Waals surface area contributed by atoms with Gasteiger partial charge < -0.3 is 16.2 Å². The van der Waals surface area contributed by atoms with Gasteiger partial charge in [-0.1, -0.05) is 6.07 Å². The number of aryl methyl sites for hydroxylation is 2. The third kappa shape index (κ3) is 3.46. The molecular formula is C13H20N2O2. The number of rotatable bonds is 4. The summed E-state index contributed by atoms with van der Waals surface area (Å²) in [5.74, 6) is -0.143. The average Bonchev–Trinajstić information content (AvgIpc) is 2.23. The second-order valence-electron chi connectivity index (χ2n) is 4.41. The Morgan fingerprint density at radius 2 is 2.06 bits per heavy atom. The Balaban J connectivity index is 2.86. The molecule has 0 aliphatic rings. The molecule has 4 nitrogen and oxygen atoms in total. The summed E-state index contributed by atoms with van der Waals surface area (Å²) in [6, 6.07) is 3.56. The largest absolute Gasteiger partial charge is 0.398 e. The molecule has 0 saturated carbocycles. The van der Waals surface area contributed by atoms with Crippen LogP contribution in [0.5, 0.6) is 0 Å². The zero-order valence-corrected chi connectivity index (χ0v) is 10.6. The fraction of sp³-hybridized carbons (Fsp3) is 0.462. The number of carbonyl (C=O) groups excluding carboxylic acids is 1. The molecule has 94 valence electrons. The minimum Gasteiger partial charge on any atom is -0.398 e. The smallest absolute Gasteiger partial charge is 0.251 e. The van der Waals surface area contributed by atoms with Crippen LogP contribution < -0.4 is 11.1 Å². The topological polar surface area (TPSA) is 75.3 Å². The summed E-state index contributed by atoms with van der Waals surface area (Å²) >= 11 is 0. The summed E-state index contributed by atoms with van der Waals surface area (Å²) in [6.07, 6.45) is 0.548. The number of nitrogens with one attached hydrogen (secondary N) is 1. The summed E-state index contributed by atoms with van der Waals surface area (Å²) in [5, 5.41) is 11.6. The number of benzene rings is 1. The maximum Gasteiger partial charge on any atom is 0.251 e. The van der Waals surface area contributed by atoms with Gasteiger partial charge in [0.05, 0.1) is 0 Å². The van der Waals surface area contributed by atoms with Gasteiger partial charge in [0.15, 0.2) is 0 Å². The maximum atomic E-state index is 12.0. The van der Waals surface area contributed by atoms with Crippen LogP contribution in [0, 0.1) is 13.8 Å². The first kappa shape index (κ1) is 13.5. The van der Waals surface area contributed by atoms with Gasteiger partial charge in [-0.15, -0.1) is 0 Å². The van der Waals surface area contributed by atoms with Crippen LogP contribution >= 0.6 is 0 Å². The van der Waals surface area contributed by atoms with Crippen LogP contribution in [0.2, 0.25) is 0 Å². The van der Waals surface area contributed by atoms with Crippen molar-refractivity contribution in [2.75, 3.05) is 12.3 Å². The number of nitrogens with two attached hydrogens (primary N) is 1. The van der Waals surface area contributed by atoms with E-state index < -0.39 is 0 Å². The molecule has 1 rings (SSSR count). The van der Waals surface area contributed by atoms with E-state index in [1.807, 2.05) is 26.8 Å². The minimum absolute atomic E-state index is 0.0468. The number of hydrogen-bond donors (Lipinski definition) is 3. The van der Waals surface area contributed by atoms with Gasteiger partial charge >= 0.3 is 0 Å². The molecule has 4 N–H and O–H groups in total. The zero-order valence-electron chi connectivity index (χ0n) is 10.6. The van der Waals surface area contributed by atoms with Crippen molar-refractivity contribution < 1.29 is 9.90 Å². The summed E-state index contributed by atoms with van der Waals surface area (Å²) in [4.78, 5) is 12.0. The summed E-state index contributed by atoms with van der Waals surface area (Å²) in [7, 11) is 0. The van der Waals surface area contributed by atoms with Crippen molar-refractivity contribution in [3.05, 3.63) is 28.8 Å². The lowest BCUT2D eigenvalue weighted by Gasteiger charge is -2.14. The lowest BCUT2D eigenvalue weighted by molar-refractivity contribution is 0.0934. The second-order valence-corrected chi connectivity index (χ2v) is 4.41. The van der Waals surface area contributed by atoms with Crippen LogP contribution in [0.1, 0.15) is 34.8 Å². The molecule has 0 saturated heterocycles. The average molecular weight is 236 g/mol. The molecule has 1 aromatic carbocycles. The molecule has 1 aromatic rings. The van der Waals surface area contributed by atoms with Crippen molar-refractivity contribution >= 4 is 11.6 Å². The van der Waals surface area contributed by atoms with Crippen LogP contribution in [0.25, 0.3) is 0 Å². The molecule has 1 unspecified atom stereocenters. The van der Waals surface area contributed by atoms with Gasteiger partial charge in [-0.3, -0.25) is 4.79 Å². The van der Waals surface area contributed by atoms with E-state index in [-0.39, 0.29) is 18.6 Å². The van der Waals surface area contributed by atoms with E-state index in [1.165, 1.54) is 0 Å². The maximum absolute atomic E-state index is 12.0. The van der Waals surface area contributed by atoms with Crippen LogP contribution in [0.3, 0.4) is 0 Å². The predicted molar refractivity (Wildman–Crippen MR) is 69.0 cm³/mol. The van der Waals surface area contributed by atoms with Crippen LogP contribution in [0.15, 0.2) is 12.1 Å². The number of aliphatic hydroxyl groups excluding tert-OH is 1. The van der Waals surface area contributed by atoms with E-state index in [1.54, 1.807) is 6.07 Å². The second kappa shape index (κ2) is 5.68. The van der Waals surface area contributed by atoms with Crippen LogP contribution in [-0.2, 0) is 0 Å². The minimum atomic E-state index is -0.143. The molecule has 4 heteroatoms. The Labute approximate surface area is 102 Å². The normalized spacial score (nSPS) is 12.2. The SMILES string of the molecule is Cc1cc(C)c(C(=O)NC(C)CCO)cc1N. The van der Waals surface area contributed by atoms with E-state index in [0.717, 1.165) is 11.1 Å². The molecular weight excluding hydrogens is 216 g/mol. The highest BCUT2D eigenvalue weighted by Crippen LogP contribution is 2.17. The summed E-state index contributed by atoms with van der Waals surface area (Å²) in [5.41, 5.74) is 8.90. The Bertz CT molecular complexity index is 416. The van der Waals surface area contributed by atoms with Crippen LogP contribution in [-0.4, -0.2) is 23.7 Å². The molecule has 0 aromatic heterocycles. The van der Waals surface area contributed by atoms with E-state index in [0.29, 0.717) is 17.7 Å². The fourth-order valence-corrected chi connectivity index (χ4v) is 1.68. The predicted octanol–water partition coefficient (Wildman–Crippen LogP) is 1.39. The molecule has 0 heterocycles. The number of nitrogen functional groups attached to an aromatic ring is 1. The van der Waals surface area contributed by atoms with Gasteiger partial charge in [-0.2, -0.15) is 0 Å². The van der Waals surface area contributed by atoms with Crippen molar-refractivity contribution in [2.45, 2.75) is 33.2 Å². The zero-order chi connectivity index (χ0) is 13.0. The van der Waals surface area contributed by atoms with Gasteiger partial charge in [-0.25, -0.2) is 0 Å². The Kier molecular flexibility index (Phi) is 4.52. The third-order valence-electron chi connectivity index (χ3n) is 2.80. The highest BCUT2D eigenvalue weighted by molar-refractivity contribution is 5.96. The van der Waals surface area contributed by atoms with Crippen molar-refractivity contribution in [1.82, 2.24) is 5.32 Å². The number of carbonyl (C=O) groups is 1. The van der Waals surface area contributed by atoms with E-state index >= 15 is 0 Å². The van der Waals surface area contributed by atoms with E-state index in [2.05, 4.69) is 5.32 Å². The van der Waals surface area contributed by atoms with Gasteiger partial charge in [0, 0.05) is 23.9 Å². The first-order valence-electron chi connectivity index (χ1n) is 5.74. The lowest BCUT2D eigenvalue weighted by atomic mass is 10.0. The highest BCUT2D eigenvalue weighted by Gasteiger charge is 2.13. The summed E-state index contributed by atoms with van der Waals surface area (Å²) < 4.78 is 0. The quantitative estimate of drug-likeness (QED) is 0.691.